The van der Waals surface area contributed by atoms with Crippen LogP contribution in [0.25, 0.3) is 0 Å². The van der Waals surface area contributed by atoms with Gasteiger partial charge < -0.3 is 4.74 Å². The Morgan fingerprint density at radius 3 is 3.00 bits per heavy atom. The van der Waals surface area contributed by atoms with Crippen LogP contribution in [0.4, 0.5) is 0 Å². The lowest BCUT2D eigenvalue weighted by atomic mass is 9.77. The van der Waals surface area contributed by atoms with Gasteiger partial charge in [0.1, 0.15) is 0 Å². The summed E-state index contributed by atoms with van der Waals surface area (Å²) in [5.41, 5.74) is 1.11. The second-order valence-electron chi connectivity index (χ2n) is 5.44. The van der Waals surface area contributed by atoms with Crippen molar-refractivity contribution in [3.8, 4) is 0 Å². The summed E-state index contributed by atoms with van der Waals surface area (Å²) in [6.45, 7) is 0.841. The van der Waals surface area contributed by atoms with Gasteiger partial charge in [0.05, 0.1) is 11.8 Å². The van der Waals surface area contributed by atoms with Crippen molar-refractivity contribution in [1.82, 2.24) is 15.0 Å². The van der Waals surface area contributed by atoms with Crippen LogP contribution in [0.2, 0.25) is 0 Å². The lowest BCUT2D eigenvalue weighted by Crippen LogP contribution is -2.36. The van der Waals surface area contributed by atoms with E-state index in [1.807, 2.05) is 13.2 Å². The predicted octanol–water partition coefficient (Wildman–Crippen LogP) is 1.78. The Morgan fingerprint density at radius 1 is 1.59 bits per heavy atom. The van der Waals surface area contributed by atoms with Gasteiger partial charge in [-0.15, -0.1) is 16.7 Å². The van der Waals surface area contributed by atoms with E-state index in [-0.39, 0.29) is 5.41 Å². The van der Waals surface area contributed by atoms with Crippen molar-refractivity contribution in [1.29, 1.82) is 0 Å². The first-order valence-corrected chi connectivity index (χ1v) is 6.80. The van der Waals surface area contributed by atoms with Crippen molar-refractivity contribution in [2.45, 2.75) is 31.8 Å². The molecule has 1 saturated heterocycles. The number of aromatic nitrogens is 3. The van der Waals surface area contributed by atoms with Crippen LogP contribution in [0.15, 0.2) is 6.20 Å². The van der Waals surface area contributed by atoms with Crippen LogP contribution in [0.1, 0.15) is 25.0 Å². The quantitative estimate of drug-likeness (QED) is 0.770. The summed E-state index contributed by atoms with van der Waals surface area (Å²) >= 11 is 6.25. The maximum atomic E-state index is 6.25. The van der Waals surface area contributed by atoms with Gasteiger partial charge in [0.2, 0.25) is 0 Å². The molecule has 2 atom stereocenters. The monoisotopic (exact) mass is 255 g/mol. The second-order valence-corrected chi connectivity index (χ2v) is 5.70. The summed E-state index contributed by atoms with van der Waals surface area (Å²) in [4.78, 5) is 0. The van der Waals surface area contributed by atoms with Crippen LogP contribution < -0.4 is 0 Å². The molecule has 0 radical (unpaired) electrons. The first-order chi connectivity index (χ1) is 8.23. The van der Waals surface area contributed by atoms with Crippen LogP contribution in [0.5, 0.6) is 0 Å². The van der Waals surface area contributed by atoms with E-state index in [1.165, 1.54) is 12.8 Å². The zero-order valence-corrected chi connectivity index (χ0v) is 10.9. The predicted molar refractivity (Wildman–Crippen MR) is 64.9 cm³/mol. The highest BCUT2D eigenvalue weighted by molar-refractivity contribution is 6.18. The molecule has 2 unspecified atom stereocenters. The number of aryl methyl sites for hydroxylation is 1. The van der Waals surface area contributed by atoms with Gasteiger partial charge in [0.25, 0.3) is 0 Å². The summed E-state index contributed by atoms with van der Waals surface area (Å²) in [5.74, 6) is 1.39. The zero-order valence-electron chi connectivity index (χ0n) is 10.1. The molecule has 5 heteroatoms. The molecule has 0 aromatic carbocycles. The molecule has 4 nitrogen and oxygen atoms in total. The largest absolute Gasteiger partial charge is 0.377 e. The van der Waals surface area contributed by atoms with Crippen LogP contribution in [-0.2, 0) is 18.2 Å². The first kappa shape index (κ1) is 11.5. The van der Waals surface area contributed by atoms with E-state index in [0.717, 1.165) is 31.1 Å². The van der Waals surface area contributed by atoms with Crippen molar-refractivity contribution in [3.63, 3.8) is 0 Å². The van der Waals surface area contributed by atoms with Gasteiger partial charge in [0, 0.05) is 37.6 Å². The van der Waals surface area contributed by atoms with Crippen LogP contribution >= 0.6 is 11.6 Å². The summed E-state index contributed by atoms with van der Waals surface area (Å²) in [6.07, 6.45) is 6.85. The molecule has 3 rings (SSSR count). The van der Waals surface area contributed by atoms with Crippen molar-refractivity contribution < 1.29 is 4.74 Å². The van der Waals surface area contributed by atoms with E-state index in [4.69, 9.17) is 16.3 Å². The number of rotatable bonds is 4. The number of nitrogens with zero attached hydrogens (tertiary/aromatic N) is 3. The van der Waals surface area contributed by atoms with E-state index in [9.17, 15) is 0 Å². The van der Waals surface area contributed by atoms with Crippen molar-refractivity contribution in [2.24, 2.45) is 18.4 Å². The Bertz CT molecular complexity index is 404. The smallest absolute Gasteiger partial charge is 0.0834 e. The van der Waals surface area contributed by atoms with Crippen LogP contribution in [0.3, 0.4) is 0 Å². The van der Waals surface area contributed by atoms with Gasteiger partial charge >= 0.3 is 0 Å². The van der Waals surface area contributed by atoms with Crippen LogP contribution in [-0.4, -0.2) is 33.6 Å². The number of hydrogen-bond acceptors (Lipinski definition) is 3. The minimum Gasteiger partial charge on any atom is -0.377 e. The summed E-state index contributed by atoms with van der Waals surface area (Å²) in [7, 11) is 1.90. The molecule has 1 saturated carbocycles. The summed E-state index contributed by atoms with van der Waals surface area (Å²) < 4.78 is 7.67. The van der Waals surface area contributed by atoms with Crippen LogP contribution in [0, 0.1) is 11.3 Å². The maximum absolute atomic E-state index is 6.25. The highest BCUT2D eigenvalue weighted by Gasteiger charge is 2.50. The number of ether oxygens (including phenoxy) is 1. The average molecular weight is 256 g/mol. The van der Waals surface area contributed by atoms with Gasteiger partial charge in [-0.1, -0.05) is 5.21 Å². The van der Waals surface area contributed by atoms with Gasteiger partial charge in [-0.2, -0.15) is 0 Å². The van der Waals surface area contributed by atoms with E-state index in [0.29, 0.717) is 12.0 Å². The molecule has 0 N–H and O–H groups in total. The first-order valence-electron chi connectivity index (χ1n) is 6.26. The van der Waals surface area contributed by atoms with Crippen molar-refractivity contribution >= 4 is 11.6 Å². The van der Waals surface area contributed by atoms with Gasteiger partial charge in [-0.3, -0.25) is 4.68 Å². The molecular weight excluding hydrogens is 238 g/mol. The molecule has 0 spiro atoms. The normalized spacial score (nSPS) is 33.2. The maximum Gasteiger partial charge on any atom is 0.0834 e. The standard InChI is InChI=1S/C12H18ClN3O/c1-16-7-10(14-15-16)6-12(8-13)4-5-17-11(12)9-2-3-9/h7,9,11H,2-6,8H2,1H3. The Morgan fingerprint density at radius 2 is 2.41 bits per heavy atom. The highest BCUT2D eigenvalue weighted by atomic mass is 35.5. The molecule has 1 aliphatic carbocycles. The Balaban J connectivity index is 1.80. The molecule has 1 aliphatic heterocycles. The third-order valence-corrected chi connectivity index (χ3v) is 4.53. The number of alkyl halides is 1. The van der Waals surface area contributed by atoms with Crippen molar-refractivity contribution in [3.05, 3.63) is 11.9 Å². The van der Waals surface area contributed by atoms with E-state index < -0.39 is 0 Å². The van der Waals surface area contributed by atoms with E-state index in [2.05, 4.69) is 10.3 Å². The SMILES string of the molecule is Cn1cc(CC2(CCl)CCOC2C2CC2)nn1. The molecule has 2 fully saturated rings. The molecule has 1 aromatic rings. The molecule has 94 valence electrons. The van der Waals surface area contributed by atoms with Crippen molar-refractivity contribution in [2.75, 3.05) is 12.5 Å². The second kappa shape index (κ2) is 4.25. The van der Waals surface area contributed by atoms with E-state index >= 15 is 0 Å². The molecule has 0 amide bonds. The van der Waals surface area contributed by atoms with Gasteiger partial charge in [0.15, 0.2) is 0 Å². The molecule has 2 aliphatic rings. The fraction of sp³-hybridized carbons (Fsp3) is 0.833. The van der Waals surface area contributed by atoms with Gasteiger partial charge in [-0.25, -0.2) is 0 Å². The fourth-order valence-electron chi connectivity index (χ4n) is 2.96. The Hall–Kier alpha value is -0.610. The molecule has 0 bridgehead atoms. The number of halogens is 1. The molecular formula is C12H18ClN3O. The van der Waals surface area contributed by atoms with Gasteiger partial charge in [-0.05, 0) is 25.2 Å². The zero-order chi connectivity index (χ0) is 11.9. The molecule has 2 heterocycles. The number of hydrogen-bond donors (Lipinski definition) is 0. The Kier molecular flexibility index (Phi) is 2.87. The average Bonchev–Trinajstić information content (AvgIpc) is 2.96. The topological polar surface area (TPSA) is 39.9 Å². The minimum absolute atomic E-state index is 0.0821. The highest BCUT2D eigenvalue weighted by Crippen LogP contribution is 2.49. The minimum atomic E-state index is 0.0821. The summed E-state index contributed by atoms with van der Waals surface area (Å²) in [5, 5.41) is 8.18. The van der Waals surface area contributed by atoms with E-state index in [1.54, 1.807) is 4.68 Å². The molecule has 17 heavy (non-hydrogen) atoms. The molecule has 1 aromatic heterocycles. The third-order valence-electron chi connectivity index (χ3n) is 4.00. The Labute approximate surface area is 106 Å². The third kappa shape index (κ3) is 2.08. The summed E-state index contributed by atoms with van der Waals surface area (Å²) in [6, 6.07) is 0. The lowest BCUT2D eigenvalue weighted by molar-refractivity contribution is 0.0399. The fourth-order valence-corrected chi connectivity index (χ4v) is 3.34. The lowest BCUT2D eigenvalue weighted by Gasteiger charge is -2.31.